The van der Waals surface area contributed by atoms with Gasteiger partial charge in [0.15, 0.2) is 5.56 Å². The zero-order chi connectivity index (χ0) is 19.3. The largest absolute Gasteiger partial charge is 0.477 e. The number of nitrogens with two attached hydrogens (primary N) is 1. The number of pyridine rings is 1. The summed E-state index contributed by atoms with van der Waals surface area (Å²) in [7, 11) is 0. The summed E-state index contributed by atoms with van der Waals surface area (Å²) < 4.78 is 16.3. The highest BCUT2D eigenvalue weighted by Gasteiger charge is 2.33. The second-order valence-electron chi connectivity index (χ2n) is 7.40. The first-order valence-electron chi connectivity index (χ1n) is 9.20. The van der Waals surface area contributed by atoms with Gasteiger partial charge in [0, 0.05) is 30.6 Å². The molecule has 1 saturated heterocycles. The molecule has 1 atom stereocenters. The van der Waals surface area contributed by atoms with Crippen LogP contribution in [0, 0.1) is 5.95 Å². The molecule has 0 amide bonds. The van der Waals surface area contributed by atoms with Gasteiger partial charge in [-0.1, -0.05) is 18.0 Å². The number of halogens is 3. The van der Waals surface area contributed by atoms with Gasteiger partial charge in [-0.05, 0) is 37.8 Å². The van der Waals surface area contributed by atoms with Crippen LogP contribution in [-0.4, -0.2) is 34.8 Å². The monoisotopic (exact) mass is 429 g/mol. The first-order valence-corrected chi connectivity index (χ1v) is 9.58. The van der Waals surface area contributed by atoms with Crippen LogP contribution in [0.5, 0.6) is 0 Å². The van der Waals surface area contributed by atoms with Crippen molar-refractivity contribution in [2.24, 2.45) is 5.73 Å². The van der Waals surface area contributed by atoms with Gasteiger partial charge in [0.25, 0.3) is 0 Å². The van der Waals surface area contributed by atoms with E-state index in [1.165, 1.54) is 4.57 Å². The molecule has 2 fully saturated rings. The summed E-state index contributed by atoms with van der Waals surface area (Å²) in [5.41, 5.74) is 5.47. The van der Waals surface area contributed by atoms with Gasteiger partial charge in [0.1, 0.15) is 0 Å². The van der Waals surface area contributed by atoms with Gasteiger partial charge in [-0.3, -0.25) is 4.79 Å². The topological polar surface area (TPSA) is 88.6 Å². The van der Waals surface area contributed by atoms with E-state index in [1.807, 2.05) is 0 Å². The Morgan fingerprint density at radius 3 is 2.61 bits per heavy atom. The number of benzene rings is 1. The number of nitrogens with zero attached hydrogens (tertiary/aromatic N) is 2. The highest BCUT2D eigenvalue weighted by atomic mass is 35.5. The summed E-state index contributed by atoms with van der Waals surface area (Å²) >= 11 is 6.67. The van der Waals surface area contributed by atoms with E-state index in [-0.39, 0.29) is 40.4 Å². The number of hydrogen-bond donors (Lipinski definition) is 2. The minimum absolute atomic E-state index is 0. The van der Waals surface area contributed by atoms with Crippen LogP contribution in [0.4, 0.5) is 10.1 Å². The van der Waals surface area contributed by atoms with Crippen molar-refractivity contribution in [2.45, 2.75) is 44.2 Å². The number of fused-ring (bicyclic) bond motifs is 1. The van der Waals surface area contributed by atoms with Crippen LogP contribution < -0.4 is 16.1 Å². The van der Waals surface area contributed by atoms with Crippen molar-refractivity contribution in [2.75, 3.05) is 18.0 Å². The lowest BCUT2D eigenvalue weighted by molar-refractivity contribution is 0.0688. The molecule has 1 aliphatic carbocycles. The molecule has 3 N–H and O–H groups in total. The Kier molecular flexibility index (Phi) is 5.89. The Hall–Kier alpha value is -1.83. The molecule has 1 aromatic carbocycles. The number of rotatable bonds is 3. The molecular weight excluding hydrogens is 408 g/mol. The van der Waals surface area contributed by atoms with Crippen molar-refractivity contribution >= 4 is 46.6 Å². The molecule has 0 spiro atoms. The van der Waals surface area contributed by atoms with Gasteiger partial charge in [-0.15, -0.1) is 12.4 Å². The van der Waals surface area contributed by atoms with E-state index < -0.39 is 22.9 Å². The van der Waals surface area contributed by atoms with Crippen LogP contribution in [0.3, 0.4) is 0 Å². The predicted molar refractivity (Wildman–Crippen MR) is 110 cm³/mol. The number of aromatic carboxylic acids is 1. The molecule has 0 unspecified atom stereocenters. The lowest BCUT2D eigenvalue weighted by Gasteiger charge is -2.27. The number of carbonyl (C=O) groups is 1. The van der Waals surface area contributed by atoms with Crippen LogP contribution in [0.1, 0.15) is 48.5 Å². The maximum absolute atomic E-state index is 15.0. The molecule has 1 saturated carbocycles. The highest BCUT2D eigenvalue weighted by molar-refractivity contribution is 6.38. The van der Waals surface area contributed by atoms with Crippen LogP contribution in [0.15, 0.2) is 16.9 Å². The molecule has 2 aliphatic rings. The molecular formula is C19H22Cl2FN3O3. The molecule has 1 aliphatic heterocycles. The summed E-state index contributed by atoms with van der Waals surface area (Å²) in [4.78, 5) is 26.1. The van der Waals surface area contributed by atoms with Gasteiger partial charge in [-0.25, -0.2) is 4.79 Å². The van der Waals surface area contributed by atoms with Crippen LogP contribution in [0.2, 0.25) is 5.02 Å². The minimum atomic E-state index is -1.56. The fourth-order valence-corrected chi connectivity index (χ4v) is 4.29. The fraction of sp³-hybridized carbons (Fsp3) is 0.474. The highest BCUT2D eigenvalue weighted by Crippen LogP contribution is 2.42. The average Bonchev–Trinajstić information content (AvgIpc) is 3.44. The summed E-state index contributed by atoms with van der Waals surface area (Å²) in [6.07, 6.45) is 4.40. The van der Waals surface area contributed by atoms with E-state index in [0.29, 0.717) is 12.2 Å². The smallest absolute Gasteiger partial charge is 0.344 e. The van der Waals surface area contributed by atoms with Crippen molar-refractivity contribution in [3.05, 3.63) is 38.9 Å². The van der Waals surface area contributed by atoms with E-state index >= 15 is 0 Å². The standard InChI is InChI=1S/C19H21ClFN3O3.ClH/c20-15-13(23-8-2-1-3-10(22)9-23)7-6-12-16(15)24(11-4-5-11)18(21)14(17(12)25)19(26)27;/h6-7,10-11H,1-5,8-9,22H2,(H,26,27);1H/t10-;/m1./s1. The Bertz CT molecular complexity index is 991. The summed E-state index contributed by atoms with van der Waals surface area (Å²) in [5.74, 6) is -2.58. The quantitative estimate of drug-likeness (QED) is 0.727. The second kappa shape index (κ2) is 7.89. The fourth-order valence-electron chi connectivity index (χ4n) is 3.92. The zero-order valence-corrected chi connectivity index (χ0v) is 16.7. The van der Waals surface area contributed by atoms with Gasteiger partial charge in [0.2, 0.25) is 11.4 Å². The van der Waals surface area contributed by atoms with E-state index in [1.54, 1.807) is 12.1 Å². The minimum Gasteiger partial charge on any atom is -0.477 e. The molecule has 0 radical (unpaired) electrons. The Morgan fingerprint density at radius 1 is 1.25 bits per heavy atom. The Labute approximate surface area is 172 Å². The van der Waals surface area contributed by atoms with Crippen molar-refractivity contribution in [1.82, 2.24) is 4.57 Å². The van der Waals surface area contributed by atoms with Crippen molar-refractivity contribution in [1.29, 1.82) is 0 Å². The summed E-state index contributed by atoms with van der Waals surface area (Å²) in [6.45, 7) is 1.41. The number of aromatic nitrogens is 1. The number of carboxylic acid groups (broad SMARTS) is 1. The van der Waals surface area contributed by atoms with Crippen molar-refractivity contribution < 1.29 is 14.3 Å². The Balaban J connectivity index is 0.00000225. The van der Waals surface area contributed by atoms with Gasteiger partial charge < -0.3 is 20.3 Å². The van der Waals surface area contributed by atoms with Crippen molar-refractivity contribution in [3.8, 4) is 0 Å². The lowest BCUT2D eigenvalue weighted by Crippen LogP contribution is -2.36. The van der Waals surface area contributed by atoms with Gasteiger partial charge >= 0.3 is 5.97 Å². The normalized spacial score (nSPS) is 20.0. The third-order valence-electron chi connectivity index (χ3n) is 5.40. The molecule has 0 bridgehead atoms. The maximum atomic E-state index is 15.0. The van der Waals surface area contributed by atoms with E-state index in [2.05, 4.69) is 4.90 Å². The molecule has 2 aromatic rings. The number of hydrogen-bond acceptors (Lipinski definition) is 4. The average molecular weight is 430 g/mol. The zero-order valence-electron chi connectivity index (χ0n) is 15.2. The predicted octanol–water partition coefficient (Wildman–Crippen LogP) is 3.57. The SMILES string of the molecule is Cl.N[C@@H]1CCCCN(c2ccc3c(=O)c(C(=O)O)c(F)n(C4CC4)c3c2Cl)C1. The van der Waals surface area contributed by atoms with E-state index in [9.17, 15) is 19.1 Å². The molecule has 2 heterocycles. The molecule has 6 nitrogen and oxygen atoms in total. The third kappa shape index (κ3) is 3.47. The summed E-state index contributed by atoms with van der Waals surface area (Å²) in [6, 6.07) is 3.12. The molecule has 1 aromatic heterocycles. The molecule has 152 valence electrons. The first-order chi connectivity index (χ1) is 12.9. The van der Waals surface area contributed by atoms with Crippen LogP contribution >= 0.6 is 24.0 Å². The molecule has 4 rings (SSSR count). The van der Waals surface area contributed by atoms with Crippen molar-refractivity contribution in [3.63, 3.8) is 0 Å². The Morgan fingerprint density at radius 2 is 1.96 bits per heavy atom. The van der Waals surface area contributed by atoms with Crippen LogP contribution in [0.25, 0.3) is 10.9 Å². The third-order valence-corrected chi connectivity index (χ3v) is 5.77. The summed E-state index contributed by atoms with van der Waals surface area (Å²) in [5, 5.41) is 9.72. The lowest BCUT2D eigenvalue weighted by atomic mass is 10.1. The van der Waals surface area contributed by atoms with Gasteiger partial charge in [-0.2, -0.15) is 4.39 Å². The van der Waals surface area contributed by atoms with E-state index in [0.717, 1.165) is 38.6 Å². The number of anilines is 1. The first kappa shape index (κ1) is 20.9. The second-order valence-corrected chi connectivity index (χ2v) is 7.78. The number of carboxylic acids is 1. The van der Waals surface area contributed by atoms with E-state index in [4.69, 9.17) is 17.3 Å². The molecule has 9 heteroatoms. The molecule has 28 heavy (non-hydrogen) atoms. The van der Waals surface area contributed by atoms with Crippen LogP contribution in [-0.2, 0) is 0 Å². The maximum Gasteiger partial charge on any atom is 0.344 e. The van der Waals surface area contributed by atoms with Gasteiger partial charge in [0.05, 0.1) is 16.2 Å².